The highest BCUT2D eigenvalue weighted by Gasteiger charge is 2.19. The highest BCUT2D eigenvalue weighted by atomic mass is 16.5. The van der Waals surface area contributed by atoms with Crippen LogP contribution in [0.3, 0.4) is 0 Å². The number of rotatable bonds is 6. The van der Waals surface area contributed by atoms with E-state index in [0.717, 1.165) is 17.0 Å². The van der Waals surface area contributed by atoms with Crippen molar-refractivity contribution in [2.24, 2.45) is 0 Å². The third kappa shape index (κ3) is 3.61. The minimum atomic E-state index is -0.553. The van der Waals surface area contributed by atoms with Crippen LogP contribution in [0.4, 0.5) is 0 Å². The molecular formula is C21H21NO4. The number of hydrogen-bond acceptors (Lipinski definition) is 4. The van der Waals surface area contributed by atoms with E-state index in [0.29, 0.717) is 23.4 Å². The summed E-state index contributed by atoms with van der Waals surface area (Å²) < 4.78 is 12.3. The summed E-state index contributed by atoms with van der Waals surface area (Å²) >= 11 is 0. The molecule has 0 unspecified atom stereocenters. The van der Waals surface area contributed by atoms with E-state index >= 15 is 0 Å². The molecule has 2 heterocycles. The number of hydrogen-bond donors (Lipinski definition) is 0. The molecule has 0 radical (unpaired) electrons. The normalized spacial score (nSPS) is 10.7. The minimum Gasteiger partial charge on any atom is -0.469 e. The molecule has 0 aliphatic heterocycles. The number of ether oxygens (including phenoxy) is 1. The van der Waals surface area contributed by atoms with E-state index in [1.165, 1.54) is 12.3 Å². The molecule has 0 aliphatic carbocycles. The van der Waals surface area contributed by atoms with Crippen molar-refractivity contribution in [3.8, 4) is 0 Å². The van der Waals surface area contributed by atoms with E-state index in [4.69, 9.17) is 9.15 Å². The summed E-state index contributed by atoms with van der Waals surface area (Å²) in [6.07, 6.45) is 1.42. The molecule has 0 N–H and O–H groups in total. The number of nitrogens with zero attached hydrogens (tertiary/aromatic N) is 1. The second kappa shape index (κ2) is 7.44. The van der Waals surface area contributed by atoms with E-state index < -0.39 is 5.97 Å². The fourth-order valence-corrected chi connectivity index (χ4v) is 2.98. The molecule has 0 saturated carbocycles. The number of furan rings is 1. The molecule has 3 aromatic rings. The van der Waals surface area contributed by atoms with Gasteiger partial charge in [-0.1, -0.05) is 30.3 Å². The van der Waals surface area contributed by atoms with E-state index in [9.17, 15) is 9.59 Å². The number of esters is 1. The molecule has 3 rings (SSSR count). The molecular weight excluding hydrogens is 330 g/mol. The second-order valence-electron chi connectivity index (χ2n) is 6.25. The molecule has 134 valence electrons. The Morgan fingerprint density at radius 1 is 1.04 bits per heavy atom. The number of carbonyl (C=O) groups excluding carboxylic acids is 2. The van der Waals surface area contributed by atoms with Gasteiger partial charge in [0.1, 0.15) is 11.3 Å². The molecule has 1 aromatic carbocycles. The zero-order chi connectivity index (χ0) is 18.7. The molecule has 2 aromatic heterocycles. The molecule has 0 atom stereocenters. The Kier molecular flexibility index (Phi) is 5.07. The molecule has 5 heteroatoms. The van der Waals surface area contributed by atoms with E-state index in [2.05, 4.69) is 16.7 Å². The Balaban J connectivity index is 1.71. The van der Waals surface area contributed by atoms with Crippen LogP contribution in [0.15, 0.2) is 53.1 Å². The van der Waals surface area contributed by atoms with Gasteiger partial charge in [-0.25, -0.2) is 4.79 Å². The maximum atomic E-state index is 12.5. The van der Waals surface area contributed by atoms with Gasteiger partial charge in [0, 0.05) is 23.5 Å². The Morgan fingerprint density at radius 2 is 1.77 bits per heavy atom. The highest BCUT2D eigenvalue weighted by molar-refractivity contribution is 6.00. The number of benzene rings is 1. The van der Waals surface area contributed by atoms with Crippen molar-refractivity contribution < 1.29 is 18.7 Å². The SMILES string of the molecule is Cc1occc1C(=O)OCC(=O)c1cc(C)n(Cc2ccccc2)c1C. The van der Waals surface area contributed by atoms with Crippen LogP contribution < -0.4 is 0 Å². The zero-order valence-electron chi connectivity index (χ0n) is 15.1. The lowest BCUT2D eigenvalue weighted by Gasteiger charge is -2.10. The topological polar surface area (TPSA) is 61.4 Å². The van der Waals surface area contributed by atoms with Crippen molar-refractivity contribution in [2.75, 3.05) is 6.61 Å². The lowest BCUT2D eigenvalue weighted by Crippen LogP contribution is -2.15. The first-order valence-corrected chi connectivity index (χ1v) is 8.42. The second-order valence-corrected chi connectivity index (χ2v) is 6.25. The van der Waals surface area contributed by atoms with Gasteiger partial charge >= 0.3 is 5.97 Å². The zero-order valence-corrected chi connectivity index (χ0v) is 15.1. The first kappa shape index (κ1) is 17.7. The van der Waals surface area contributed by atoms with Crippen molar-refractivity contribution in [3.63, 3.8) is 0 Å². The molecule has 5 nitrogen and oxygen atoms in total. The fraction of sp³-hybridized carbons (Fsp3) is 0.238. The Bertz CT molecular complexity index is 934. The van der Waals surface area contributed by atoms with Crippen LogP contribution in [0.2, 0.25) is 0 Å². The summed E-state index contributed by atoms with van der Waals surface area (Å²) in [6, 6.07) is 13.4. The highest BCUT2D eigenvalue weighted by Crippen LogP contribution is 2.18. The molecule has 0 fully saturated rings. The van der Waals surface area contributed by atoms with E-state index in [1.807, 2.05) is 38.1 Å². The predicted molar refractivity (Wildman–Crippen MR) is 97.5 cm³/mol. The summed E-state index contributed by atoms with van der Waals surface area (Å²) in [4.78, 5) is 24.5. The van der Waals surface area contributed by atoms with Crippen LogP contribution in [0, 0.1) is 20.8 Å². The molecule has 0 aliphatic rings. The maximum Gasteiger partial charge on any atom is 0.342 e. The van der Waals surface area contributed by atoms with Crippen LogP contribution in [-0.4, -0.2) is 22.9 Å². The Labute approximate surface area is 152 Å². The lowest BCUT2D eigenvalue weighted by atomic mass is 10.1. The van der Waals surface area contributed by atoms with Gasteiger partial charge in [-0.05, 0) is 38.5 Å². The molecule has 26 heavy (non-hydrogen) atoms. The number of Topliss-reactive ketones (excluding diaryl/α,β-unsaturated/α-hetero) is 1. The Morgan fingerprint density at radius 3 is 2.42 bits per heavy atom. The van der Waals surface area contributed by atoms with Crippen molar-refractivity contribution >= 4 is 11.8 Å². The maximum absolute atomic E-state index is 12.5. The predicted octanol–water partition coefficient (Wildman–Crippen LogP) is 4.09. The van der Waals surface area contributed by atoms with Crippen molar-refractivity contribution in [1.82, 2.24) is 4.57 Å². The Hall–Kier alpha value is -3.08. The summed E-state index contributed by atoms with van der Waals surface area (Å²) in [5, 5.41) is 0. The molecule has 0 bridgehead atoms. The minimum absolute atomic E-state index is 0.216. The van der Waals surface area contributed by atoms with Crippen LogP contribution >= 0.6 is 0 Å². The van der Waals surface area contributed by atoms with Gasteiger partial charge in [0.25, 0.3) is 0 Å². The van der Waals surface area contributed by atoms with Gasteiger partial charge in [0.15, 0.2) is 6.61 Å². The molecule has 0 amide bonds. The van der Waals surface area contributed by atoms with Gasteiger partial charge in [-0.2, -0.15) is 0 Å². The third-order valence-corrected chi connectivity index (χ3v) is 4.47. The van der Waals surface area contributed by atoms with Crippen molar-refractivity contribution in [2.45, 2.75) is 27.3 Å². The summed E-state index contributed by atoms with van der Waals surface area (Å²) in [5.74, 6) is -0.293. The fourth-order valence-electron chi connectivity index (χ4n) is 2.98. The first-order chi connectivity index (χ1) is 12.5. The van der Waals surface area contributed by atoms with Crippen LogP contribution in [0.1, 0.15) is 43.4 Å². The van der Waals surface area contributed by atoms with Gasteiger partial charge in [0.05, 0.1) is 6.26 Å². The monoisotopic (exact) mass is 351 g/mol. The number of aromatic nitrogens is 1. The van der Waals surface area contributed by atoms with E-state index in [1.54, 1.807) is 6.92 Å². The largest absolute Gasteiger partial charge is 0.469 e. The number of ketones is 1. The molecule has 0 saturated heterocycles. The van der Waals surface area contributed by atoms with Gasteiger partial charge in [0.2, 0.25) is 5.78 Å². The van der Waals surface area contributed by atoms with Crippen molar-refractivity contribution in [3.05, 3.63) is 82.6 Å². The number of carbonyl (C=O) groups is 2. The quantitative estimate of drug-likeness (QED) is 0.496. The van der Waals surface area contributed by atoms with E-state index in [-0.39, 0.29) is 12.4 Å². The lowest BCUT2D eigenvalue weighted by molar-refractivity contribution is 0.0472. The average molecular weight is 351 g/mol. The summed E-state index contributed by atoms with van der Waals surface area (Å²) in [7, 11) is 0. The van der Waals surface area contributed by atoms with Gasteiger partial charge in [-0.3, -0.25) is 4.79 Å². The first-order valence-electron chi connectivity index (χ1n) is 8.42. The van der Waals surface area contributed by atoms with Crippen LogP contribution in [0.5, 0.6) is 0 Å². The standard InChI is InChI=1S/C21H21NO4/c1-14-11-19(15(2)22(14)12-17-7-5-4-6-8-17)20(23)13-26-21(24)18-9-10-25-16(18)3/h4-11H,12-13H2,1-3H3. The third-order valence-electron chi connectivity index (χ3n) is 4.47. The number of aryl methyl sites for hydroxylation is 2. The summed E-state index contributed by atoms with van der Waals surface area (Å²) in [5.41, 5.74) is 3.94. The molecule has 0 spiro atoms. The summed E-state index contributed by atoms with van der Waals surface area (Å²) in [6.45, 7) is 5.95. The van der Waals surface area contributed by atoms with Crippen LogP contribution in [-0.2, 0) is 11.3 Å². The van der Waals surface area contributed by atoms with Crippen molar-refractivity contribution in [1.29, 1.82) is 0 Å². The smallest absolute Gasteiger partial charge is 0.342 e. The van der Waals surface area contributed by atoms with Gasteiger partial charge < -0.3 is 13.7 Å². The van der Waals surface area contributed by atoms with Gasteiger partial charge in [-0.15, -0.1) is 0 Å². The van der Waals surface area contributed by atoms with Crippen LogP contribution in [0.25, 0.3) is 0 Å². The average Bonchev–Trinajstić information content (AvgIpc) is 3.18.